The molecule has 0 aliphatic carbocycles. The van der Waals surface area contributed by atoms with E-state index in [1.165, 1.54) is 0 Å². The summed E-state index contributed by atoms with van der Waals surface area (Å²) >= 11 is 3.44. The Morgan fingerprint density at radius 3 is 2.72 bits per heavy atom. The van der Waals surface area contributed by atoms with Crippen LogP contribution in [-0.4, -0.2) is 29.0 Å². The van der Waals surface area contributed by atoms with Crippen LogP contribution in [0.4, 0.5) is 0 Å². The number of carbonyl (C=O) groups is 1. The van der Waals surface area contributed by atoms with Crippen molar-refractivity contribution < 1.29 is 4.79 Å². The van der Waals surface area contributed by atoms with Gasteiger partial charge in [0, 0.05) is 30.8 Å². The van der Waals surface area contributed by atoms with E-state index in [0.717, 1.165) is 36.1 Å². The predicted molar refractivity (Wildman–Crippen MR) is 78.8 cm³/mol. The van der Waals surface area contributed by atoms with E-state index in [1.54, 1.807) is 0 Å². The van der Waals surface area contributed by atoms with Gasteiger partial charge in [-0.25, -0.2) is 0 Å². The molecule has 4 heteroatoms. The van der Waals surface area contributed by atoms with E-state index in [2.05, 4.69) is 36.7 Å². The second kappa shape index (κ2) is 6.98. The number of hydrogen-bond donors (Lipinski definition) is 0. The lowest BCUT2D eigenvalue weighted by Gasteiger charge is -2.19. The molecule has 0 fully saturated rings. The normalized spacial score (nSPS) is 11.0. The van der Waals surface area contributed by atoms with Gasteiger partial charge in [-0.05, 0) is 40.8 Å². The van der Waals surface area contributed by atoms with Crippen LogP contribution in [0.5, 0.6) is 0 Å². The molecule has 0 atom stereocenters. The highest BCUT2D eigenvalue weighted by molar-refractivity contribution is 9.10. The van der Waals surface area contributed by atoms with Crippen molar-refractivity contribution >= 4 is 21.8 Å². The van der Waals surface area contributed by atoms with Gasteiger partial charge in [0.15, 0.2) is 0 Å². The fourth-order valence-electron chi connectivity index (χ4n) is 1.83. The smallest absolute Gasteiger partial charge is 0.270 e. The van der Waals surface area contributed by atoms with Gasteiger partial charge >= 0.3 is 0 Å². The summed E-state index contributed by atoms with van der Waals surface area (Å²) in [6.45, 7) is 8.16. The number of nitrogens with zero attached hydrogens (tertiary/aromatic N) is 2. The topological polar surface area (TPSA) is 25.2 Å². The largest absolute Gasteiger partial charge is 0.342 e. The first-order valence-corrected chi connectivity index (χ1v) is 7.36. The lowest BCUT2D eigenvalue weighted by atomic mass is 10.1. The highest BCUT2D eigenvalue weighted by Crippen LogP contribution is 2.17. The Bertz CT molecular complexity index is 398. The summed E-state index contributed by atoms with van der Waals surface area (Å²) in [5.41, 5.74) is 0.773. The second-order valence-electron chi connectivity index (χ2n) is 5.15. The summed E-state index contributed by atoms with van der Waals surface area (Å²) in [7, 11) is 1.88. The molecule has 18 heavy (non-hydrogen) atoms. The van der Waals surface area contributed by atoms with E-state index in [0.29, 0.717) is 5.92 Å². The highest BCUT2D eigenvalue weighted by atomic mass is 79.9. The third-order valence-corrected chi connectivity index (χ3v) is 3.37. The molecular formula is C14H23BrN2O. The third-order valence-electron chi connectivity index (χ3n) is 2.94. The number of aryl methyl sites for hydroxylation is 1. The van der Waals surface area contributed by atoms with Crippen LogP contribution >= 0.6 is 15.9 Å². The molecule has 0 bridgehead atoms. The van der Waals surface area contributed by atoms with Crippen molar-refractivity contribution in [2.75, 3.05) is 13.6 Å². The van der Waals surface area contributed by atoms with Gasteiger partial charge in [0.25, 0.3) is 5.91 Å². The summed E-state index contributed by atoms with van der Waals surface area (Å²) < 4.78 is 3.00. The van der Waals surface area contributed by atoms with Crippen LogP contribution in [0.2, 0.25) is 0 Å². The molecule has 1 aromatic heterocycles. The predicted octanol–water partition coefficient (Wildman–Crippen LogP) is 3.78. The molecule has 1 aromatic rings. The molecule has 0 saturated heterocycles. The minimum absolute atomic E-state index is 0.106. The quantitative estimate of drug-likeness (QED) is 0.784. The fourth-order valence-corrected chi connectivity index (χ4v) is 2.29. The molecule has 3 nitrogen and oxygen atoms in total. The standard InChI is InChI=1S/C14H23BrN2O/c1-5-7-17-10-12(15)9-13(17)14(18)16(4)8-6-11(2)3/h9-11H,5-8H2,1-4H3. The first-order valence-electron chi connectivity index (χ1n) is 6.56. The van der Waals surface area contributed by atoms with Crippen LogP contribution in [-0.2, 0) is 6.54 Å². The Balaban J connectivity index is 2.76. The van der Waals surface area contributed by atoms with Crippen LogP contribution < -0.4 is 0 Å². The van der Waals surface area contributed by atoms with Gasteiger partial charge in [0.1, 0.15) is 5.69 Å². The molecule has 102 valence electrons. The van der Waals surface area contributed by atoms with Gasteiger partial charge in [0.2, 0.25) is 0 Å². The Kier molecular flexibility index (Phi) is 5.93. The van der Waals surface area contributed by atoms with Gasteiger partial charge in [-0.15, -0.1) is 0 Å². The summed E-state index contributed by atoms with van der Waals surface area (Å²) in [4.78, 5) is 14.2. The van der Waals surface area contributed by atoms with Crippen LogP contribution in [0, 0.1) is 5.92 Å². The Morgan fingerprint density at radius 1 is 1.50 bits per heavy atom. The molecule has 0 saturated carbocycles. The molecule has 0 radical (unpaired) electrons. The monoisotopic (exact) mass is 314 g/mol. The van der Waals surface area contributed by atoms with E-state index in [-0.39, 0.29) is 5.91 Å². The number of halogens is 1. The highest BCUT2D eigenvalue weighted by Gasteiger charge is 2.16. The molecular weight excluding hydrogens is 292 g/mol. The average molecular weight is 315 g/mol. The number of carbonyl (C=O) groups excluding carboxylic acids is 1. The van der Waals surface area contributed by atoms with E-state index < -0.39 is 0 Å². The number of rotatable bonds is 6. The lowest BCUT2D eigenvalue weighted by molar-refractivity contribution is 0.0778. The lowest BCUT2D eigenvalue weighted by Crippen LogP contribution is -2.30. The second-order valence-corrected chi connectivity index (χ2v) is 6.06. The van der Waals surface area contributed by atoms with Crippen molar-refractivity contribution in [3.63, 3.8) is 0 Å². The van der Waals surface area contributed by atoms with Crippen LogP contribution in [0.3, 0.4) is 0 Å². The van der Waals surface area contributed by atoms with Crippen LogP contribution in [0.15, 0.2) is 16.7 Å². The number of amides is 1. The Labute approximate surface area is 118 Å². The zero-order valence-corrected chi connectivity index (χ0v) is 13.3. The zero-order valence-electron chi connectivity index (χ0n) is 11.7. The minimum atomic E-state index is 0.106. The molecule has 0 aliphatic heterocycles. The van der Waals surface area contributed by atoms with Crippen molar-refractivity contribution in [1.29, 1.82) is 0 Å². The van der Waals surface area contributed by atoms with Crippen LogP contribution in [0.1, 0.15) is 44.1 Å². The maximum atomic E-state index is 12.4. The SMILES string of the molecule is CCCn1cc(Br)cc1C(=O)N(C)CCC(C)C. The summed E-state index contributed by atoms with van der Waals surface area (Å²) in [5.74, 6) is 0.726. The summed E-state index contributed by atoms with van der Waals surface area (Å²) in [5, 5.41) is 0. The first-order chi connectivity index (χ1) is 8.45. The maximum absolute atomic E-state index is 12.4. The number of hydrogen-bond acceptors (Lipinski definition) is 1. The van der Waals surface area contributed by atoms with Crippen molar-refractivity contribution in [2.24, 2.45) is 5.92 Å². The van der Waals surface area contributed by atoms with Gasteiger partial charge in [0.05, 0.1) is 0 Å². The molecule has 1 heterocycles. The van der Waals surface area contributed by atoms with E-state index in [9.17, 15) is 4.79 Å². The summed E-state index contributed by atoms with van der Waals surface area (Å²) in [6, 6.07) is 1.91. The zero-order chi connectivity index (χ0) is 13.7. The van der Waals surface area contributed by atoms with E-state index in [4.69, 9.17) is 0 Å². The van der Waals surface area contributed by atoms with Gasteiger partial charge in [-0.3, -0.25) is 4.79 Å². The van der Waals surface area contributed by atoms with Gasteiger partial charge < -0.3 is 9.47 Å². The third kappa shape index (κ3) is 4.16. The molecule has 0 spiro atoms. The molecule has 1 rings (SSSR count). The van der Waals surface area contributed by atoms with E-state index >= 15 is 0 Å². The number of aromatic nitrogens is 1. The molecule has 1 amide bonds. The van der Waals surface area contributed by atoms with Crippen molar-refractivity contribution in [1.82, 2.24) is 9.47 Å². The maximum Gasteiger partial charge on any atom is 0.270 e. The molecule has 0 aromatic carbocycles. The Hall–Kier alpha value is -0.770. The molecule has 0 aliphatic rings. The fraction of sp³-hybridized carbons (Fsp3) is 0.643. The van der Waals surface area contributed by atoms with Crippen molar-refractivity contribution in [3.05, 3.63) is 22.4 Å². The van der Waals surface area contributed by atoms with E-state index in [1.807, 2.05) is 28.8 Å². The summed E-state index contributed by atoms with van der Waals surface area (Å²) in [6.07, 6.45) is 4.04. The Morgan fingerprint density at radius 2 is 2.17 bits per heavy atom. The van der Waals surface area contributed by atoms with Crippen molar-refractivity contribution in [2.45, 2.75) is 40.2 Å². The van der Waals surface area contributed by atoms with Gasteiger partial charge in [-0.1, -0.05) is 20.8 Å². The van der Waals surface area contributed by atoms with Crippen LogP contribution in [0.25, 0.3) is 0 Å². The molecule has 0 N–H and O–H groups in total. The molecule has 0 unspecified atom stereocenters. The average Bonchev–Trinajstić information content (AvgIpc) is 2.66. The minimum Gasteiger partial charge on any atom is -0.342 e. The first kappa shape index (κ1) is 15.3. The van der Waals surface area contributed by atoms with Crippen molar-refractivity contribution in [3.8, 4) is 0 Å². The van der Waals surface area contributed by atoms with Gasteiger partial charge in [-0.2, -0.15) is 0 Å².